The molecular formula is C12H15N5O2. The molecule has 0 saturated heterocycles. The molecule has 0 aliphatic rings. The Balaban J connectivity index is 2.28. The molecule has 0 aromatic carbocycles. The fourth-order valence-corrected chi connectivity index (χ4v) is 1.50. The molecule has 0 aliphatic heterocycles. The van der Waals surface area contributed by atoms with Crippen LogP contribution in [-0.2, 0) is 4.79 Å². The van der Waals surface area contributed by atoms with Crippen molar-refractivity contribution in [3.63, 3.8) is 0 Å². The number of imidazole rings is 1. The van der Waals surface area contributed by atoms with Crippen LogP contribution >= 0.6 is 0 Å². The maximum Gasteiger partial charge on any atom is 0.330 e. The van der Waals surface area contributed by atoms with Gasteiger partial charge in [-0.25, -0.2) is 19.7 Å². The second-order valence-corrected chi connectivity index (χ2v) is 4.21. The highest BCUT2D eigenvalue weighted by Gasteiger charge is 2.11. The molecule has 0 saturated carbocycles. The average Bonchev–Trinajstić information content (AvgIpc) is 2.72. The quantitative estimate of drug-likeness (QED) is 0.832. The topological polar surface area (TPSA) is 81.9 Å². The summed E-state index contributed by atoms with van der Waals surface area (Å²) in [4.78, 5) is 28.2. The van der Waals surface area contributed by atoms with E-state index in [0.717, 1.165) is 0 Å². The average molecular weight is 261 g/mol. The van der Waals surface area contributed by atoms with Gasteiger partial charge in [0.15, 0.2) is 11.3 Å². The minimum Gasteiger partial charge on any atom is -0.365 e. The maximum absolute atomic E-state index is 10.9. The van der Waals surface area contributed by atoms with E-state index >= 15 is 0 Å². The van der Waals surface area contributed by atoms with Crippen molar-refractivity contribution in [2.75, 3.05) is 11.9 Å². The lowest BCUT2D eigenvalue weighted by Gasteiger charge is -2.04. The lowest BCUT2D eigenvalue weighted by atomic mass is 10.3. The fraction of sp³-hybridized carbons (Fsp3) is 0.333. The monoisotopic (exact) mass is 261 g/mol. The third-order valence-electron chi connectivity index (χ3n) is 2.31. The van der Waals surface area contributed by atoms with Crippen LogP contribution in [-0.4, -0.2) is 32.2 Å². The minimum absolute atomic E-state index is 0.433. The van der Waals surface area contributed by atoms with Crippen LogP contribution < -0.4 is 10.2 Å². The number of rotatable bonds is 4. The van der Waals surface area contributed by atoms with Crippen molar-refractivity contribution in [1.29, 1.82) is 0 Å². The van der Waals surface area contributed by atoms with E-state index in [1.165, 1.54) is 29.9 Å². The molecular weight excluding hydrogens is 246 g/mol. The van der Waals surface area contributed by atoms with Crippen LogP contribution in [0.25, 0.3) is 11.2 Å². The largest absolute Gasteiger partial charge is 0.365 e. The van der Waals surface area contributed by atoms with E-state index in [9.17, 15) is 4.79 Å². The number of hydrogen-bond acceptors (Lipinski definition) is 6. The summed E-state index contributed by atoms with van der Waals surface area (Å²) in [6.07, 6.45) is 4.83. The van der Waals surface area contributed by atoms with Crippen LogP contribution in [0.4, 0.5) is 5.82 Å². The molecule has 100 valence electrons. The van der Waals surface area contributed by atoms with Crippen molar-refractivity contribution < 1.29 is 9.63 Å². The number of carbonyl (C=O) groups is 1. The lowest BCUT2D eigenvalue weighted by molar-refractivity contribution is -0.141. The van der Waals surface area contributed by atoms with Crippen LogP contribution in [0.5, 0.6) is 0 Å². The molecule has 2 aromatic rings. The summed E-state index contributed by atoms with van der Waals surface area (Å²) in [5, 5.41) is 3.14. The number of hydrogen-bond donors (Lipinski definition) is 1. The first-order valence-electron chi connectivity index (χ1n) is 5.82. The van der Waals surface area contributed by atoms with Gasteiger partial charge in [0.2, 0.25) is 5.65 Å². The third-order valence-corrected chi connectivity index (χ3v) is 2.31. The molecule has 2 heterocycles. The molecule has 2 rings (SSSR count). The van der Waals surface area contributed by atoms with Gasteiger partial charge < -0.3 is 10.2 Å². The van der Waals surface area contributed by atoms with Crippen molar-refractivity contribution in [2.24, 2.45) is 0 Å². The summed E-state index contributed by atoms with van der Waals surface area (Å²) >= 11 is 0. The Labute approximate surface area is 110 Å². The number of nitrogens with zero attached hydrogens (tertiary/aromatic N) is 4. The van der Waals surface area contributed by atoms with Crippen molar-refractivity contribution >= 4 is 23.0 Å². The van der Waals surface area contributed by atoms with Crippen LogP contribution in [0.15, 0.2) is 24.3 Å². The highest BCUT2D eigenvalue weighted by Crippen LogP contribution is 2.16. The van der Waals surface area contributed by atoms with Gasteiger partial charge in [-0.05, 0) is 13.8 Å². The highest BCUT2D eigenvalue weighted by molar-refractivity contribution is 5.82. The predicted octanol–water partition coefficient (Wildman–Crippen LogP) is 1.18. The van der Waals surface area contributed by atoms with E-state index < -0.39 is 5.97 Å². The SMILES string of the molecule is CC(=O)On1cnc2c(NCC=C(C)C)ncnc21. The number of allylic oxidation sites excluding steroid dienone is 1. The van der Waals surface area contributed by atoms with Gasteiger partial charge in [0.25, 0.3) is 0 Å². The Morgan fingerprint density at radius 3 is 2.84 bits per heavy atom. The molecule has 0 spiro atoms. The fourth-order valence-electron chi connectivity index (χ4n) is 1.50. The second-order valence-electron chi connectivity index (χ2n) is 4.21. The number of nitrogens with one attached hydrogen (secondary N) is 1. The minimum atomic E-state index is -0.433. The van der Waals surface area contributed by atoms with Gasteiger partial charge in [-0.2, -0.15) is 0 Å². The summed E-state index contributed by atoms with van der Waals surface area (Å²) in [5.41, 5.74) is 2.22. The van der Waals surface area contributed by atoms with Gasteiger partial charge >= 0.3 is 5.97 Å². The Morgan fingerprint density at radius 2 is 2.16 bits per heavy atom. The Hall–Kier alpha value is -2.44. The number of aromatic nitrogens is 4. The summed E-state index contributed by atoms with van der Waals surface area (Å²) < 4.78 is 1.23. The predicted molar refractivity (Wildman–Crippen MR) is 70.5 cm³/mol. The van der Waals surface area contributed by atoms with Gasteiger partial charge in [-0.1, -0.05) is 11.6 Å². The van der Waals surface area contributed by atoms with E-state index in [1.54, 1.807) is 0 Å². The molecule has 0 radical (unpaired) electrons. The van der Waals surface area contributed by atoms with Crippen LogP contribution in [0.1, 0.15) is 20.8 Å². The second kappa shape index (κ2) is 5.47. The summed E-state index contributed by atoms with van der Waals surface area (Å²) in [5.74, 6) is 0.172. The zero-order chi connectivity index (χ0) is 13.8. The van der Waals surface area contributed by atoms with Crippen molar-refractivity contribution in [2.45, 2.75) is 20.8 Å². The first-order valence-corrected chi connectivity index (χ1v) is 5.82. The molecule has 0 bridgehead atoms. The lowest BCUT2D eigenvalue weighted by Crippen LogP contribution is -2.15. The Morgan fingerprint density at radius 1 is 1.37 bits per heavy atom. The van der Waals surface area contributed by atoms with Gasteiger partial charge in [-0.15, -0.1) is 4.73 Å². The smallest absolute Gasteiger partial charge is 0.330 e. The molecule has 1 N–H and O–H groups in total. The van der Waals surface area contributed by atoms with Crippen LogP contribution in [0, 0.1) is 0 Å². The van der Waals surface area contributed by atoms with E-state index in [2.05, 4.69) is 20.3 Å². The van der Waals surface area contributed by atoms with Gasteiger partial charge in [0, 0.05) is 13.5 Å². The summed E-state index contributed by atoms with van der Waals surface area (Å²) in [7, 11) is 0. The standard InChI is InChI=1S/C12H15N5O2/c1-8(2)4-5-13-11-10-12(15-6-14-11)17(7-16-10)19-9(3)18/h4,6-7H,5H2,1-3H3,(H,13,14,15). The van der Waals surface area contributed by atoms with Crippen LogP contribution in [0.3, 0.4) is 0 Å². The van der Waals surface area contributed by atoms with Crippen molar-refractivity contribution in [1.82, 2.24) is 19.7 Å². The third kappa shape index (κ3) is 3.06. The zero-order valence-electron chi connectivity index (χ0n) is 11.0. The Bertz CT molecular complexity index is 628. The first kappa shape index (κ1) is 13.0. The van der Waals surface area contributed by atoms with Gasteiger partial charge in [0.1, 0.15) is 12.7 Å². The number of anilines is 1. The van der Waals surface area contributed by atoms with Crippen molar-refractivity contribution in [3.05, 3.63) is 24.3 Å². The number of carbonyl (C=O) groups excluding carboxylic acids is 1. The number of fused-ring (bicyclic) bond motifs is 1. The van der Waals surface area contributed by atoms with E-state index in [4.69, 9.17) is 4.84 Å². The van der Waals surface area contributed by atoms with E-state index in [-0.39, 0.29) is 0 Å². The van der Waals surface area contributed by atoms with E-state index in [0.29, 0.717) is 23.5 Å². The molecule has 0 amide bonds. The summed E-state index contributed by atoms with van der Waals surface area (Å²) in [6.45, 7) is 6.01. The van der Waals surface area contributed by atoms with Crippen LogP contribution in [0.2, 0.25) is 0 Å². The molecule has 2 aromatic heterocycles. The molecule has 19 heavy (non-hydrogen) atoms. The Kier molecular flexibility index (Phi) is 3.74. The summed E-state index contributed by atoms with van der Waals surface area (Å²) in [6, 6.07) is 0. The molecule has 0 fully saturated rings. The maximum atomic E-state index is 10.9. The first-order chi connectivity index (χ1) is 9.08. The highest BCUT2D eigenvalue weighted by atomic mass is 16.7. The molecule has 7 nitrogen and oxygen atoms in total. The zero-order valence-corrected chi connectivity index (χ0v) is 11.0. The van der Waals surface area contributed by atoms with Crippen molar-refractivity contribution in [3.8, 4) is 0 Å². The van der Waals surface area contributed by atoms with E-state index in [1.807, 2.05) is 19.9 Å². The molecule has 0 atom stereocenters. The normalized spacial score (nSPS) is 10.3. The molecule has 0 unspecified atom stereocenters. The molecule has 0 aliphatic carbocycles. The molecule has 7 heteroatoms. The van der Waals surface area contributed by atoms with Gasteiger partial charge in [-0.3, -0.25) is 0 Å². The van der Waals surface area contributed by atoms with Gasteiger partial charge in [0.05, 0.1) is 0 Å².